The number of nitrogens with zero attached hydrogens (tertiary/aromatic N) is 1. The molecule has 3 aliphatic rings. The fourth-order valence-electron chi connectivity index (χ4n) is 3.66. The number of fused-ring (bicyclic) bond motifs is 5. The summed E-state index contributed by atoms with van der Waals surface area (Å²) >= 11 is 0. The maximum Gasteiger partial charge on any atom is 0.238 e. The zero-order chi connectivity index (χ0) is 11.0. The van der Waals surface area contributed by atoms with E-state index in [-0.39, 0.29) is 24.0 Å². The Morgan fingerprint density at radius 3 is 1.93 bits per heavy atom. The van der Waals surface area contributed by atoms with Crippen molar-refractivity contribution in [1.82, 2.24) is 4.90 Å². The molecule has 0 N–H and O–H groups in total. The summed E-state index contributed by atoms with van der Waals surface area (Å²) in [6.07, 6.45) is 1.69. The van der Waals surface area contributed by atoms with Crippen LogP contribution in [0.15, 0.2) is 0 Å². The highest BCUT2D eigenvalue weighted by Crippen LogP contribution is 2.63. The van der Waals surface area contributed by atoms with Gasteiger partial charge in [-0.25, -0.2) is 0 Å². The predicted octanol–water partition coefficient (Wildman–Crippen LogP) is 0.559. The van der Waals surface area contributed by atoms with Gasteiger partial charge in [-0.2, -0.15) is 0 Å². The molecule has 0 aromatic heterocycles. The maximum atomic E-state index is 12.1. The Morgan fingerprint density at radius 1 is 1.13 bits per heavy atom. The summed E-state index contributed by atoms with van der Waals surface area (Å²) in [5, 5.41) is 0. The molecule has 2 bridgehead atoms. The van der Waals surface area contributed by atoms with Gasteiger partial charge in [0.25, 0.3) is 0 Å². The molecule has 0 spiro atoms. The third kappa shape index (κ3) is 0.670. The summed E-state index contributed by atoms with van der Waals surface area (Å²) in [6, 6.07) is 0. The van der Waals surface area contributed by atoms with Gasteiger partial charge >= 0.3 is 0 Å². The monoisotopic (exact) mass is 209 g/mol. The average molecular weight is 209 g/mol. The molecule has 3 aliphatic heterocycles. The van der Waals surface area contributed by atoms with E-state index in [1.54, 1.807) is 7.05 Å². The second-order valence-electron chi connectivity index (χ2n) is 5.26. The summed E-state index contributed by atoms with van der Waals surface area (Å²) in [4.78, 5) is 25.6. The Morgan fingerprint density at radius 2 is 1.53 bits per heavy atom. The topological polar surface area (TPSA) is 46.6 Å². The highest BCUT2D eigenvalue weighted by atomic mass is 16.5. The molecule has 15 heavy (non-hydrogen) atoms. The van der Waals surface area contributed by atoms with Gasteiger partial charge in [-0.1, -0.05) is 0 Å². The van der Waals surface area contributed by atoms with Gasteiger partial charge in [-0.15, -0.1) is 0 Å². The molecule has 4 atom stereocenters. The van der Waals surface area contributed by atoms with Crippen LogP contribution in [0.5, 0.6) is 0 Å². The number of amides is 2. The molecule has 82 valence electrons. The second kappa shape index (κ2) is 2.26. The van der Waals surface area contributed by atoms with Crippen molar-refractivity contribution in [1.29, 1.82) is 0 Å². The van der Waals surface area contributed by atoms with Crippen LogP contribution in [0.2, 0.25) is 0 Å². The summed E-state index contributed by atoms with van der Waals surface area (Å²) in [5.41, 5.74) is -1.25. The number of hydrogen-bond acceptors (Lipinski definition) is 3. The first-order valence-corrected chi connectivity index (χ1v) is 5.42. The molecule has 0 unspecified atom stereocenters. The van der Waals surface area contributed by atoms with Gasteiger partial charge in [0.05, 0.1) is 23.0 Å². The highest BCUT2D eigenvalue weighted by Gasteiger charge is 2.76. The number of carbonyl (C=O) groups is 2. The minimum atomic E-state index is -0.623. The Bertz CT molecular complexity index is 346. The van der Waals surface area contributed by atoms with Crippen LogP contribution in [-0.4, -0.2) is 36.0 Å². The summed E-state index contributed by atoms with van der Waals surface area (Å²) in [5.74, 6) is -0.135. The normalized spacial score (nSPS) is 52.9. The standard InChI is InChI=1S/C11H15NO3/c1-10-6-4-5-7(15-6)11(10,2)9(14)12(3)8(10)13/h6-7H,4-5H2,1-3H3/t6-,7-,10-,11+/m0/s1. The van der Waals surface area contributed by atoms with Gasteiger partial charge in [0, 0.05) is 7.05 Å². The fraction of sp³-hybridized carbons (Fsp3) is 0.818. The average Bonchev–Trinajstić information content (AvgIpc) is 2.81. The summed E-state index contributed by atoms with van der Waals surface area (Å²) < 4.78 is 5.77. The Balaban J connectivity index is 2.22. The molecule has 2 amide bonds. The molecule has 3 saturated heterocycles. The number of ether oxygens (including phenoxy) is 1. The van der Waals surface area contributed by atoms with Crippen molar-refractivity contribution in [2.45, 2.75) is 38.9 Å². The number of carbonyl (C=O) groups excluding carboxylic acids is 2. The van der Waals surface area contributed by atoms with Gasteiger partial charge in [0.1, 0.15) is 0 Å². The Kier molecular flexibility index (Phi) is 1.41. The first kappa shape index (κ1) is 9.33. The number of imide groups is 1. The minimum Gasteiger partial charge on any atom is -0.373 e. The van der Waals surface area contributed by atoms with E-state index >= 15 is 0 Å². The van der Waals surface area contributed by atoms with Crippen molar-refractivity contribution in [3.05, 3.63) is 0 Å². The molecule has 3 fully saturated rings. The maximum absolute atomic E-state index is 12.1. The van der Waals surface area contributed by atoms with Crippen LogP contribution >= 0.6 is 0 Å². The van der Waals surface area contributed by atoms with Gasteiger partial charge in [0.15, 0.2) is 0 Å². The van der Waals surface area contributed by atoms with Gasteiger partial charge < -0.3 is 4.74 Å². The van der Waals surface area contributed by atoms with Crippen LogP contribution < -0.4 is 0 Å². The van der Waals surface area contributed by atoms with Crippen LogP contribution in [0.1, 0.15) is 26.7 Å². The third-order valence-electron chi connectivity index (χ3n) is 4.88. The third-order valence-corrected chi connectivity index (χ3v) is 4.88. The van der Waals surface area contributed by atoms with Crippen LogP contribution in [0.25, 0.3) is 0 Å². The first-order chi connectivity index (χ1) is 6.94. The van der Waals surface area contributed by atoms with E-state index in [4.69, 9.17) is 4.74 Å². The number of likely N-dealkylation sites (tertiary alicyclic amines) is 1. The quantitative estimate of drug-likeness (QED) is 0.548. The molecule has 3 heterocycles. The van der Waals surface area contributed by atoms with Crippen LogP contribution in [0.3, 0.4) is 0 Å². The van der Waals surface area contributed by atoms with Crippen LogP contribution in [0, 0.1) is 10.8 Å². The van der Waals surface area contributed by atoms with E-state index in [1.165, 1.54) is 4.90 Å². The van der Waals surface area contributed by atoms with Crippen molar-refractivity contribution in [3.8, 4) is 0 Å². The van der Waals surface area contributed by atoms with Crippen molar-refractivity contribution < 1.29 is 14.3 Å². The lowest BCUT2D eigenvalue weighted by molar-refractivity contribution is -0.143. The lowest BCUT2D eigenvalue weighted by atomic mass is 9.59. The van der Waals surface area contributed by atoms with E-state index in [2.05, 4.69) is 0 Å². The van der Waals surface area contributed by atoms with E-state index < -0.39 is 10.8 Å². The van der Waals surface area contributed by atoms with Crippen molar-refractivity contribution >= 4 is 11.8 Å². The summed E-state index contributed by atoms with van der Waals surface area (Å²) in [7, 11) is 1.58. The van der Waals surface area contributed by atoms with Crippen molar-refractivity contribution in [3.63, 3.8) is 0 Å². The largest absolute Gasteiger partial charge is 0.373 e. The molecular formula is C11H15NO3. The SMILES string of the molecule is CN1C(=O)[C@@]2(C)[C@@H]3CC[C@H](O3)[C@@]2(C)C1=O. The second-order valence-corrected chi connectivity index (χ2v) is 5.26. The predicted molar refractivity (Wildman–Crippen MR) is 51.9 cm³/mol. The molecule has 4 nitrogen and oxygen atoms in total. The number of hydrogen-bond donors (Lipinski definition) is 0. The summed E-state index contributed by atoms with van der Waals surface area (Å²) in [6.45, 7) is 3.78. The molecule has 0 aromatic rings. The molecule has 0 aromatic carbocycles. The number of rotatable bonds is 0. The fourth-order valence-corrected chi connectivity index (χ4v) is 3.66. The van der Waals surface area contributed by atoms with Gasteiger partial charge in [-0.3, -0.25) is 14.5 Å². The van der Waals surface area contributed by atoms with Crippen LogP contribution in [0.4, 0.5) is 0 Å². The van der Waals surface area contributed by atoms with Gasteiger partial charge in [0.2, 0.25) is 11.8 Å². The zero-order valence-electron chi connectivity index (χ0n) is 9.24. The molecule has 4 heteroatoms. The van der Waals surface area contributed by atoms with Crippen molar-refractivity contribution in [2.24, 2.45) is 10.8 Å². The van der Waals surface area contributed by atoms with E-state index in [9.17, 15) is 9.59 Å². The molecule has 0 radical (unpaired) electrons. The minimum absolute atomic E-state index is 0.0612. The van der Waals surface area contributed by atoms with Crippen LogP contribution in [-0.2, 0) is 14.3 Å². The molecule has 0 aliphatic carbocycles. The Labute approximate surface area is 88.6 Å². The highest BCUT2D eigenvalue weighted by molar-refractivity contribution is 6.10. The lowest BCUT2D eigenvalue weighted by Crippen LogP contribution is -2.48. The molecule has 0 saturated carbocycles. The zero-order valence-corrected chi connectivity index (χ0v) is 9.24. The van der Waals surface area contributed by atoms with E-state index in [1.807, 2.05) is 13.8 Å². The van der Waals surface area contributed by atoms with Crippen molar-refractivity contribution in [2.75, 3.05) is 7.05 Å². The van der Waals surface area contributed by atoms with E-state index in [0.717, 1.165) is 12.8 Å². The van der Waals surface area contributed by atoms with E-state index in [0.29, 0.717) is 0 Å². The Hall–Kier alpha value is -0.900. The lowest BCUT2D eigenvalue weighted by Gasteiger charge is -2.36. The molecular weight excluding hydrogens is 194 g/mol. The van der Waals surface area contributed by atoms with Gasteiger partial charge in [-0.05, 0) is 26.7 Å². The molecule has 3 rings (SSSR count). The smallest absolute Gasteiger partial charge is 0.238 e. The first-order valence-electron chi connectivity index (χ1n) is 5.42.